The van der Waals surface area contributed by atoms with Crippen LogP contribution in [-0.4, -0.2) is 9.13 Å². The number of hydrogen-bond acceptors (Lipinski definition) is 1. The third kappa shape index (κ3) is 7.51. The van der Waals surface area contributed by atoms with Crippen LogP contribution in [0.2, 0.25) is 0 Å². The van der Waals surface area contributed by atoms with Crippen molar-refractivity contribution in [2.75, 3.05) is 4.90 Å². The Morgan fingerprint density at radius 1 is 0.244 bits per heavy atom. The van der Waals surface area contributed by atoms with Crippen LogP contribution in [0.3, 0.4) is 0 Å². The predicted molar refractivity (Wildman–Crippen MR) is 330 cm³/mol. The number of fused-ring (bicyclic) bond motifs is 8. The van der Waals surface area contributed by atoms with Gasteiger partial charge in [-0.3, -0.25) is 0 Å². The molecular weight excluding hydrogens is 943 g/mol. The summed E-state index contributed by atoms with van der Waals surface area (Å²) in [6, 6.07) is 112. The van der Waals surface area contributed by atoms with Crippen molar-refractivity contribution in [3.8, 4) is 33.6 Å². The molecular formula is C75H51N3. The summed E-state index contributed by atoms with van der Waals surface area (Å²) in [6.07, 6.45) is 0. The van der Waals surface area contributed by atoms with Crippen molar-refractivity contribution in [1.82, 2.24) is 9.13 Å². The van der Waals surface area contributed by atoms with Crippen LogP contribution in [0.5, 0.6) is 0 Å². The Morgan fingerprint density at radius 3 is 1.12 bits per heavy atom. The van der Waals surface area contributed by atoms with E-state index in [2.05, 4.69) is 317 Å². The number of nitrogens with zero attached hydrogens (tertiary/aromatic N) is 3. The van der Waals surface area contributed by atoms with E-state index >= 15 is 0 Å². The molecule has 1 atom stereocenters. The average Bonchev–Trinajstić information content (AvgIpc) is 4.17. The predicted octanol–water partition coefficient (Wildman–Crippen LogP) is 20.2. The van der Waals surface area contributed by atoms with Gasteiger partial charge >= 0.3 is 0 Å². The maximum absolute atomic E-state index is 2.52. The largest absolute Gasteiger partial charge is 0.309 e. The van der Waals surface area contributed by atoms with Crippen molar-refractivity contribution >= 4 is 82.2 Å². The van der Waals surface area contributed by atoms with E-state index in [0.29, 0.717) is 0 Å². The summed E-state index contributed by atoms with van der Waals surface area (Å²) in [5, 5.41) is 9.66. The van der Waals surface area contributed by atoms with Gasteiger partial charge in [0.15, 0.2) is 0 Å². The summed E-state index contributed by atoms with van der Waals surface area (Å²) in [5.41, 5.74) is 18.9. The first-order valence-corrected chi connectivity index (χ1v) is 26.9. The molecule has 0 aliphatic carbocycles. The first-order chi connectivity index (χ1) is 38.7. The fourth-order valence-electron chi connectivity index (χ4n) is 12.5. The Morgan fingerprint density at radius 2 is 0.603 bits per heavy atom. The molecule has 0 amide bonds. The number of benzene rings is 13. The molecule has 0 saturated carbocycles. The normalized spacial score (nSPS) is 12.1. The second-order valence-electron chi connectivity index (χ2n) is 20.4. The fourth-order valence-corrected chi connectivity index (χ4v) is 12.5. The van der Waals surface area contributed by atoms with E-state index in [1.807, 2.05) is 0 Å². The minimum absolute atomic E-state index is 0.138. The number of aromatic nitrogens is 2. The Kier molecular flexibility index (Phi) is 10.9. The first-order valence-electron chi connectivity index (χ1n) is 26.9. The molecule has 78 heavy (non-hydrogen) atoms. The zero-order valence-corrected chi connectivity index (χ0v) is 42.8. The Labute approximate surface area is 453 Å². The van der Waals surface area contributed by atoms with Gasteiger partial charge in [-0.2, -0.15) is 0 Å². The molecule has 0 aliphatic heterocycles. The van der Waals surface area contributed by atoms with Crippen molar-refractivity contribution < 1.29 is 0 Å². The third-order valence-electron chi connectivity index (χ3n) is 16.0. The monoisotopic (exact) mass is 993 g/mol. The maximum Gasteiger partial charge on any atom is 0.0618 e. The van der Waals surface area contributed by atoms with Crippen LogP contribution in [0.25, 0.3) is 98.8 Å². The number of hydrogen-bond donors (Lipinski definition) is 0. The summed E-state index contributed by atoms with van der Waals surface area (Å²) >= 11 is 0. The standard InChI is InChI=1S/C75H51N3/c1-5-21-51(22-6-1)53-37-39-55(40-38-53)73(56-43-47-71-67(49-56)61-29-17-19-35-69(61)77(71)57-25-9-3-10-26-57)74-63-31-13-15-33-65(63)75(66-34-16-14-32-64(66)74)76(59-44-41-54(42-45-59)52-23-7-2-8-24-52)60-46-48-72-68(50-60)62-30-18-20-36-70(62)78(72)58-27-11-4-12-28-58/h1-50,73H. The quantitative estimate of drug-likeness (QED) is 0.0983. The minimum Gasteiger partial charge on any atom is -0.309 e. The maximum atomic E-state index is 2.52. The van der Waals surface area contributed by atoms with E-state index < -0.39 is 0 Å². The van der Waals surface area contributed by atoms with Gasteiger partial charge in [0.1, 0.15) is 0 Å². The van der Waals surface area contributed by atoms with E-state index in [-0.39, 0.29) is 5.92 Å². The summed E-state index contributed by atoms with van der Waals surface area (Å²) in [6.45, 7) is 0. The van der Waals surface area contributed by atoms with Crippen LogP contribution in [0.15, 0.2) is 303 Å². The summed E-state index contributed by atoms with van der Waals surface area (Å²) in [4.78, 5) is 2.52. The molecule has 0 aliphatic rings. The highest BCUT2D eigenvalue weighted by Gasteiger charge is 2.29. The summed E-state index contributed by atoms with van der Waals surface area (Å²) in [5.74, 6) is -0.138. The van der Waals surface area contributed by atoms with Gasteiger partial charge in [0.05, 0.1) is 27.8 Å². The highest BCUT2D eigenvalue weighted by atomic mass is 15.1. The van der Waals surface area contributed by atoms with Crippen LogP contribution >= 0.6 is 0 Å². The third-order valence-corrected chi connectivity index (χ3v) is 16.0. The number of rotatable bonds is 10. The van der Waals surface area contributed by atoms with Crippen LogP contribution in [-0.2, 0) is 0 Å². The van der Waals surface area contributed by atoms with Crippen molar-refractivity contribution in [2.24, 2.45) is 0 Å². The van der Waals surface area contributed by atoms with Crippen molar-refractivity contribution in [3.05, 3.63) is 320 Å². The van der Waals surface area contributed by atoms with Crippen LogP contribution < -0.4 is 4.90 Å². The lowest BCUT2D eigenvalue weighted by atomic mass is 9.79. The van der Waals surface area contributed by atoms with Crippen LogP contribution in [0.4, 0.5) is 17.1 Å². The second kappa shape index (κ2) is 18.9. The molecule has 1 unspecified atom stereocenters. The molecule has 2 heterocycles. The van der Waals surface area contributed by atoms with E-state index in [0.717, 1.165) is 28.4 Å². The molecule has 2 aromatic heterocycles. The molecule has 0 N–H and O–H groups in total. The van der Waals surface area contributed by atoms with Gasteiger partial charge in [0.2, 0.25) is 0 Å². The molecule has 15 aromatic rings. The molecule has 0 saturated heterocycles. The molecule has 0 spiro atoms. The smallest absolute Gasteiger partial charge is 0.0618 e. The fraction of sp³-hybridized carbons (Fsp3) is 0.0133. The van der Waals surface area contributed by atoms with Gasteiger partial charge in [-0.25, -0.2) is 0 Å². The molecule has 13 aromatic carbocycles. The molecule has 0 bridgehead atoms. The zero-order valence-electron chi connectivity index (χ0n) is 42.8. The Hall–Kier alpha value is -10.2. The van der Waals surface area contributed by atoms with Crippen LogP contribution in [0, 0.1) is 0 Å². The van der Waals surface area contributed by atoms with E-state index in [9.17, 15) is 0 Å². The molecule has 15 rings (SSSR count). The molecule has 0 fully saturated rings. The van der Waals surface area contributed by atoms with E-state index in [1.165, 1.54) is 104 Å². The van der Waals surface area contributed by atoms with Gasteiger partial charge in [-0.15, -0.1) is 0 Å². The van der Waals surface area contributed by atoms with Crippen molar-refractivity contribution in [1.29, 1.82) is 0 Å². The highest BCUT2D eigenvalue weighted by molar-refractivity contribution is 6.18. The van der Waals surface area contributed by atoms with Gasteiger partial charge in [0.25, 0.3) is 0 Å². The van der Waals surface area contributed by atoms with Gasteiger partial charge < -0.3 is 14.0 Å². The lowest BCUT2D eigenvalue weighted by molar-refractivity contribution is 1.00. The number of anilines is 3. The van der Waals surface area contributed by atoms with Gasteiger partial charge in [-0.1, -0.05) is 224 Å². The van der Waals surface area contributed by atoms with Gasteiger partial charge in [-0.05, 0) is 129 Å². The highest BCUT2D eigenvalue weighted by Crippen LogP contribution is 2.51. The topological polar surface area (TPSA) is 13.1 Å². The first kappa shape index (κ1) is 45.2. The summed E-state index contributed by atoms with van der Waals surface area (Å²) < 4.78 is 4.81. The SMILES string of the molecule is c1ccc(-c2ccc(C(c3ccc4c(c3)c3ccccc3n4-c3ccccc3)c3c4ccccc4c(N(c4ccc(-c5ccccc5)cc4)c4ccc5c(c4)c4ccccc4n5-c4ccccc4)c4ccccc34)cc2)cc1. The molecule has 0 radical (unpaired) electrons. The molecule has 366 valence electrons. The second-order valence-corrected chi connectivity index (χ2v) is 20.4. The lowest BCUT2D eigenvalue weighted by Gasteiger charge is -2.31. The lowest BCUT2D eigenvalue weighted by Crippen LogP contribution is -2.13. The van der Waals surface area contributed by atoms with Gasteiger partial charge in [0, 0.05) is 61.0 Å². The molecule has 3 nitrogen and oxygen atoms in total. The zero-order chi connectivity index (χ0) is 51.5. The number of para-hydroxylation sites is 4. The van der Waals surface area contributed by atoms with E-state index in [4.69, 9.17) is 0 Å². The van der Waals surface area contributed by atoms with Crippen LogP contribution in [0.1, 0.15) is 22.6 Å². The molecule has 3 heteroatoms. The van der Waals surface area contributed by atoms with Crippen molar-refractivity contribution in [3.63, 3.8) is 0 Å². The van der Waals surface area contributed by atoms with E-state index in [1.54, 1.807) is 0 Å². The Balaban J connectivity index is 0.998. The average molecular weight is 994 g/mol. The van der Waals surface area contributed by atoms with Crippen molar-refractivity contribution in [2.45, 2.75) is 5.92 Å². The Bertz CT molecular complexity index is 4330. The minimum atomic E-state index is -0.138. The summed E-state index contributed by atoms with van der Waals surface area (Å²) in [7, 11) is 0.